The summed E-state index contributed by atoms with van der Waals surface area (Å²) in [6.45, 7) is 0.530. The molecule has 1 rings (SSSR count). The fraction of sp³-hybridized carbons (Fsp3) is 0.273. The van der Waals surface area contributed by atoms with Crippen LogP contribution in [-0.2, 0) is 4.79 Å². The third-order valence-corrected chi connectivity index (χ3v) is 2.73. The van der Waals surface area contributed by atoms with Crippen LogP contribution in [0.1, 0.15) is 6.92 Å². The van der Waals surface area contributed by atoms with Crippen LogP contribution in [0.15, 0.2) is 22.7 Å². The number of carboxylic acids is 1. The first-order chi connectivity index (χ1) is 8.72. The lowest BCUT2D eigenvalue weighted by Crippen LogP contribution is -2.47. The molecule has 1 aromatic rings. The first-order valence-electron chi connectivity index (χ1n) is 5.18. The van der Waals surface area contributed by atoms with E-state index in [0.717, 1.165) is 6.92 Å². The van der Waals surface area contributed by atoms with Crippen molar-refractivity contribution in [3.05, 3.63) is 28.5 Å². The van der Waals surface area contributed by atoms with Gasteiger partial charge >= 0.3 is 12.0 Å². The number of carbonyl (C=O) groups excluding carboxylic acids is 1. The highest BCUT2D eigenvalue weighted by atomic mass is 79.9. The minimum atomic E-state index is -2.09. The maximum Gasteiger partial charge on any atom is 0.337 e. The summed E-state index contributed by atoms with van der Waals surface area (Å²) in [5.74, 6) is -2.11. The minimum Gasteiger partial charge on any atom is -0.479 e. The Morgan fingerprint density at radius 2 is 2.11 bits per heavy atom. The Morgan fingerprint density at radius 1 is 1.47 bits per heavy atom. The van der Waals surface area contributed by atoms with Gasteiger partial charge in [0.25, 0.3) is 0 Å². The summed E-state index contributed by atoms with van der Waals surface area (Å²) in [5.41, 5.74) is -2.15. The van der Waals surface area contributed by atoms with Crippen LogP contribution in [0.4, 0.5) is 14.9 Å². The Kier molecular flexibility index (Phi) is 4.84. The summed E-state index contributed by atoms with van der Waals surface area (Å²) in [6.07, 6.45) is 0. The SMILES string of the molecule is CC(O)(CNC(=O)Nc1ccc(Br)cc1F)C(=O)O. The number of halogens is 2. The molecule has 1 unspecified atom stereocenters. The van der Waals surface area contributed by atoms with E-state index in [9.17, 15) is 19.1 Å². The third kappa shape index (κ3) is 4.49. The molecule has 4 N–H and O–H groups in total. The maximum atomic E-state index is 13.4. The molecule has 0 aliphatic carbocycles. The highest BCUT2D eigenvalue weighted by Gasteiger charge is 2.30. The fourth-order valence-corrected chi connectivity index (χ4v) is 1.42. The van der Waals surface area contributed by atoms with Crippen molar-refractivity contribution in [1.82, 2.24) is 5.32 Å². The van der Waals surface area contributed by atoms with Gasteiger partial charge in [0, 0.05) is 4.47 Å². The average molecular weight is 335 g/mol. The second kappa shape index (κ2) is 5.98. The zero-order chi connectivity index (χ0) is 14.6. The van der Waals surface area contributed by atoms with Crippen molar-refractivity contribution in [2.75, 3.05) is 11.9 Å². The highest BCUT2D eigenvalue weighted by Crippen LogP contribution is 2.19. The summed E-state index contributed by atoms with van der Waals surface area (Å²) in [5, 5.41) is 22.3. The molecule has 19 heavy (non-hydrogen) atoms. The number of hydrogen-bond donors (Lipinski definition) is 4. The molecule has 2 amide bonds. The van der Waals surface area contributed by atoms with Crippen molar-refractivity contribution in [2.45, 2.75) is 12.5 Å². The van der Waals surface area contributed by atoms with Crippen molar-refractivity contribution in [3.63, 3.8) is 0 Å². The predicted octanol–water partition coefficient (Wildman–Crippen LogP) is 1.55. The molecule has 0 radical (unpaired) electrons. The number of rotatable bonds is 4. The number of hydrogen-bond acceptors (Lipinski definition) is 3. The van der Waals surface area contributed by atoms with Gasteiger partial charge in [0.2, 0.25) is 0 Å². The number of anilines is 1. The number of nitrogens with one attached hydrogen (secondary N) is 2. The van der Waals surface area contributed by atoms with E-state index in [1.807, 2.05) is 0 Å². The molecular weight excluding hydrogens is 323 g/mol. The fourth-order valence-electron chi connectivity index (χ4n) is 1.09. The van der Waals surface area contributed by atoms with E-state index in [1.54, 1.807) is 0 Å². The molecule has 0 saturated carbocycles. The predicted molar refractivity (Wildman–Crippen MR) is 69.4 cm³/mol. The molecule has 104 valence electrons. The molecule has 0 bridgehead atoms. The molecule has 6 nitrogen and oxygen atoms in total. The Balaban J connectivity index is 2.59. The van der Waals surface area contributed by atoms with Crippen LogP contribution in [0, 0.1) is 5.82 Å². The second-order valence-electron chi connectivity index (χ2n) is 4.01. The lowest BCUT2D eigenvalue weighted by atomic mass is 10.1. The zero-order valence-electron chi connectivity index (χ0n) is 9.91. The number of urea groups is 1. The Hall–Kier alpha value is -1.67. The van der Waals surface area contributed by atoms with Crippen LogP contribution in [0.25, 0.3) is 0 Å². The molecule has 0 aliphatic heterocycles. The van der Waals surface area contributed by atoms with Crippen LogP contribution in [0.2, 0.25) is 0 Å². The van der Waals surface area contributed by atoms with Gasteiger partial charge in [0.1, 0.15) is 5.82 Å². The first-order valence-corrected chi connectivity index (χ1v) is 5.97. The summed E-state index contributed by atoms with van der Waals surface area (Å²) < 4.78 is 13.9. The van der Waals surface area contributed by atoms with E-state index in [-0.39, 0.29) is 5.69 Å². The Morgan fingerprint density at radius 3 is 2.63 bits per heavy atom. The normalized spacial score (nSPS) is 13.5. The van der Waals surface area contributed by atoms with Gasteiger partial charge < -0.3 is 20.8 Å². The van der Waals surface area contributed by atoms with Crippen LogP contribution in [-0.4, -0.2) is 34.4 Å². The van der Waals surface area contributed by atoms with Gasteiger partial charge in [-0.15, -0.1) is 0 Å². The number of amides is 2. The summed E-state index contributed by atoms with van der Waals surface area (Å²) in [4.78, 5) is 22.0. The van der Waals surface area contributed by atoms with E-state index >= 15 is 0 Å². The number of carbonyl (C=O) groups is 2. The Bertz CT molecular complexity index is 507. The first kappa shape index (κ1) is 15.4. The monoisotopic (exact) mass is 334 g/mol. The summed E-state index contributed by atoms with van der Waals surface area (Å²) in [6, 6.07) is 3.23. The van der Waals surface area contributed by atoms with Gasteiger partial charge in [-0.2, -0.15) is 0 Å². The van der Waals surface area contributed by atoms with Gasteiger partial charge in [-0.05, 0) is 25.1 Å². The molecule has 8 heteroatoms. The van der Waals surface area contributed by atoms with E-state index in [1.165, 1.54) is 18.2 Å². The second-order valence-corrected chi connectivity index (χ2v) is 4.93. The van der Waals surface area contributed by atoms with E-state index < -0.39 is 30.0 Å². The lowest BCUT2D eigenvalue weighted by Gasteiger charge is -2.18. The molecule has 0 heterocycles. The average Bonchev–Trinajstić information content (AvgIpc) is 2.30. The third-order valence-electron chi connectivity index (χ3n) is 2.23. The number of benzene rings is 1. The zero-order valence-corrected chi connectivity index (χ0v) is 11.5. The van der Waals surface area contributed by atoms with E-state index in [2.05, 4.69) is 26.6 Å². The van der Waals surface area contributed by atoms with Gasteiger partial charge in [-0.1, -0.05) is 15.9 Å². The number of carboxylic acid groups (broad SMARTS) is 1. The standard InChI is InChI=1S/C11H12BrFN2O4/c1-11(19,9(16)17)5-14-10(18)15-8-3-2-6(12)4-7(8)13/h2-4,19H,5H2,1H3,(H,16,17)(H2,14,15,18). The topological polar surface area (TPSA) is 98.7 Å². The maximum absolute atomic E-state index is 13.4. The van der Waals surface area contributed by atoms with Crippen molar-refractivity contribution < 1.29 is 24.2 Å². The van der Waals surface area contributed by atoms with Crippen LogP contribution < -0.4 is 10.6 Å². The van der Waals surface area contributed by atoms with Crippen LogP contribution >= 0.6 is 15.9 Å². The molecule has 0 fully saturated rings. The molecule has 1 atom stereocenters. The largest absolute Gasteiger partial charge is 0.479 e. The van der Waals surface area contributed by atoms with E-state index in [4.69, 9.17) is 5.11 Å². The smallest absolute Gasteiger partial charge is 0.337 e. The van der Waals surface area contributed by atoms with Gasteiger partial charge in [0.15, 0.2) is 5.60 Å². The lowest BCUT2D eigenvalue weighted by molar-refractivity contribution is -0.155. The Labute approximate surface area is 116 Å². The quantitative estimate of drug-likeness (QED) is 0.671. The number of aliphatic carboxylic acids is 1. The minimum absolute atomic E-state index is 0.0596. The van der Waals surface area contributed by atoms with Crippen molar-refractivity contribution in [3.8, 4) is 0 Å². The van der Waals surface area contributed by atoms with Gasteiger partial charge in [-0.25, -0.2) is 14.0 Å². The molecule has 0 spiro atoms. The molecular formula is C11H12BrFN2O4. The van der Waals surface area contributed by atoms with Gasteiger partial charge in [0.05, 0.1) is 12.2 Å². The molecule has 0 saturated heterocycles. The highest BCUT2D eigenvalue weighted by molar-refractivity contribution is 9.10. The van der Waals surface area contributed by atoms with Crippen LogP contribution in [0.5, 0.6) is 0 Å². The summed E-state index contributed by atoms with van der Waals surface area (Å²) >= 11 is 3.07. The van der Waals surface area contributed by atoms with Crippen molar-refractivity contribution in [2.24, 2.45) is 0 Å². The summed E-state index contributed by atoms with van der Waals surface area (Å²) in [7, 11) is 0. The molecule has 0 aromatic heterocycles. The van der Waals surface area contributed by atoms with Crippen molar-refractivity contribution in [1.29, 1.82) is 0 Å². The van der Waals surface area contributed by atoms with Crippen LogP contribution in [0.3, 0.4) is 0 Å². The van der Waals surface area contributed by atoms with Crippen molar-refractivity contribution >= 4 is 33.6 Å². The van der Waals surface area contributed by atoms with E-state index in [0.29, 0.717) is 4.47 Å². The molecule has 0 aliphatic rings. The van der Waals surface area contributed by atoms with Gasteiger partial charge in [-0.3, -0.25) is 0 Å². The molecule has 1 aromatic carbocycles. The number of aliphatic hydroxyl groups is 1.